The number of hydrogen-bond acceptors (Lipinski definition) is 6. The van der Waals surface area contributed by atoms with Gasteiger partial charge < -0.3 is 15.1 Å². The van der Waals surface area contributed by atoms with Gasteiger partial charge in [0.1, 0.15) is 23.3 Å². The highest BCUT2D eigenvalue weighted by molar-refractivity contribution is 5.51. The van der Waals surface area contributed by atoms with Crippen LogP contribution >= 0.6 is 0 Å². The lowest BCUT2D eigenvalue weighted by molar-refractivity contribution is 0.640. The molecule has 6 heteroatoms. The Hall–Kier alpha value is -2.37. The lowest BCUT2D eigenvalue weighted by Crippen LogP contribution is -2.47. The lowest BCUT2D eigenvalue weighted by Gasteiger charge is -2.36. The number of nitrogens with zero attached hydrogens (tertiary/aromatic N) is 5. The number of rotatable bonds is 5. The number of aromatic nitrogens is 3. The monoisotopic (exact) mass is 312 g/mol. The number of piperazine rings is 1. The fraction of sp³-hybridized carbons (Fsp3) is 0.471. The van der Waals surface area contributed by atoms with Crippen molar-refractivity contribution in [1.82, 2.24) is 15.0 Å². The second-order valence-corrected chi connectivity index (χ2v) is 5.75. The van der Waals surface area contributed by atoms with Crippen molar-refractivity contribution in [2.75, 3.05) is 47.8 Å². The van der Waals surface area contributed by atoms with Crippen molar-refractivity contribution in [3.63, 3.8) is 0 Å². The summed E-state index contributed by atoms with van der Waals surface area (Å²) in [7, 11) is 0. The molecule has 2 aromatic rings. The normalized spacial score (nSPS) is 14.9. The van der Waals surface area contributed by atoms with Crippen LogP contribution in [-0.2, 0) is 0 Å². The molecular formula is C17H24N6. The molecule has 1 aliphatic rings. The molecule has 0 unspecified atom stereocenters. The first kappa shape index (κ1) is 15.5. The highest BCUT2D eigenvalue weighted by Crippen LogP contribution is 2.19. The predicted molar refractivity (Wildman–Crippen MR) is 94.2 cm³/mol. The van der Waals surface area contributed by atoms with Crippen LogP contribution in [0.2, 0.25) is 0 Å². The molecule has 1 N–H and O–H groups in total. The van der Waals surface area contributed by atoms with Crippen LogP contribution in [0.15, 0.2) is 30.5 Å². The molecule has 0 bridgehead atoms. The first-order valence-electron chi connectivity index (χ1n) is 8.27. The summed E-state index contributed by atoms with van der Waals surface area (Å²) in [5, 5.41) is 3.35. The Morgan fingerprint density at radius 2 is 1.78 bits per heavy atom. The standard InChI is InChI=1S/C17H24N6/c1-3-7-18-15-13-17(21-14(2)20-15)23-11-9-22(10-12-23)16-6-4-5-8-19-16/h4-6,8,13H,3,7,9-12H2,1-2H3,(H,18,20,21). The minimum Gasteiger partial charge on any atom is -0.370 e. The summed E-state index contributed by atoms with van der Waals surface area (Å²) in [6, 6.07) is 8.11. The van der Waals surface area contributed by atoms with E-state index in [0.29, 0.717) is 0 Å². The van der Waals surface area contributed by atoms with Crippen molar-refractivity contribution in [1.29, 1.82) is 0 Å². The summed E-state index contributed by atoms with van der Waals surface area (Å²) in [5.41, 5.74) is 0. The number of nitrogens with one attached hydrogen (secondary N) is 1. The van der Waals surface area contributed by atoms with Gasteiger partial charge in [-0.2, -0.15) is 0 Å². The Morgan fingerprint density at radius 1 is 1.04 bits per heavy atom. The lowest BCUT2D eigenvalue weighted by atomic mass is 10.3. The molecule has 0 aliphatic carbocycles. The fourth-order valence-corrected chi connectivity index (χ4v) is 2.76. The molecule has 0 saturated carbocycles. The molecule has 0 aromatic carbocycles. The number of pyridine rings is 1. The quantitative estimate of drug-likeness (QED) is 0.914. The van der Waals surface area contributed by atoms with Crippen LogP contribution in [0.1, 0.15) is 19.2 Å². The molecular weight excluding hydrogens is 288 g/mol. The Balaban J connectivity index is 1.66. The highest BCUT2D eigenvalue weighted by atomic mass is 15.3. The summed E-state index contributed by atoms with van der Waals surface area (Å²) < 4.78 is 0. The van der Waals surface area contributed by atoms with E-state index in [2.05, 4.69) is 49.1 Å². The van der Waals surface area contributed by atoms with E-state index in [1.54, 1.807) is 0 Å². The molecule has 23 heavy (non-hydrogen) atoms. The van der Waals surface area contributed by atoms with E-state index < -0.39 is 0 Å². The summed E-state index contributed by atoms with van der Waals surface area (Å²) >= 11 is 0. The molecule has 0 radical (unpaired) electrons. The molecule has 1 fully saturated rings. The van der Waals surface area contributed by atoms with Gasteiger partial charge in [0, 0.05) is 45.0 Å². The van der Waals surface area contributed by atoms with Gasteiger partial charge in [0.25, 0.3) is 0 Å². The molecule has 0 amide bonds. The van der Waals surface area contributed by atoms with Crippen LogP contribution in [0.25, 0.3) is 0 Å². The molecule has 3 rings (SSSR count). The van der Waals surface area contributed by atoms with Crippen molar-refractivity contribution >= 4 is 17.5 Å². The van der Waals surface area contributed by atoms with Gasteiger partial charge in [-0.25, -0.2) is 15.0 Å². The average Bonchev–Trinajstić information content (AvgIpc) is 2.60. The first-order valence-corrected chi connectivity index (χ1v) is 8.27. The maximum atomic E-state index is 4.60. The van der Waals surface area contributed by atoms with Crippen LogP contribution in [-0.4, -0.2) is 47.7 Å². The van der Waals surface area contributed by atoms with Crippen molar-refractivity contribution < 1.29 is 0 Å². The largest absolute Gasteiger partial charge is 0.370 e. The summed E-state index contributed by atoms with van der Waals surface area (Å²) in [5.74, 6) is 3.79. The topological polar surface area (TPSA) is 57.2 Å². The highest BCUT2D eigenvalue weighted by Gasteiger charge is 2.19. The average molecular weight is 312 g/mol. The maximum Gasteiger partial charge on any atom is 0.134 e. The zero-order valence-electron chi connectivity index (χ0n) is 13.9. The zero-order valence-corrected chi connectivity index (χ0v) is 13.9. The number of aryl methyl sites for hydroxylation is 1. The molecule has 1 saturated heterocycles. The molecule has 6 nitrogen and oxygen atoms in total. The number of anilines is 3. The second-order valence-electron chi connectivity index (χ2n) is 5.75. The van der Waals surface area contributed by atoms with Crippen molar-refractivity contribution in [2.24, 2.45) is 0 Å². The van der Waals surface area contributed by atoms with E-state index in [0.717, 1.165) is 62.4 Å². The second kappa shape index (κ2) is 7.26. The third kappa shape index (κ3) is 3.88. The summed E-state index contributed by atoms with van der Waals surface area (Å²) in [6.45, 7) is 8.84. The molecule has 122 valence electrons. The van der Waals surface area contributed by atoms with Crippen LogP contribution in [0, 0.1) is 6.92 Å². The van der Waals surface area contributed by atoms with Crippen LogP contribution in [0.5, 0.6) is 0 Å². The van der Waals surface area contributed by atoms with Gasteiger partial charge in [-0.1, -0.05) is 13.0 Å². The van der Waals surface area contributed by atoms with E-state index in [-0.39, 0.29) is 0 Å². The molecule has 2 aromatic heterocycles. The van der Waals surface area contributed by atoms with E-state index in [1.165, 1.54) is 0 Å². The van der Waals surface area contributed by atoms with Crippen molar-refractivity contribution in [2.45, 2.75) is 20.3 Å². The van der Waals surface area contributed by atoms with E-state index in [9.17, 15) is 0 Å². The van der Waals surface area contributed by atoms with Crippen LogP contribution < -0.4 is 15.1 Å². The van der Waals surface area contributed by atoms with Gasteiger partial charge in [0.2, 0.25) is 0 Å². The Labute approximate surface area is 137 Å². The Kier molecular flexibility index (Phi) is 4.90. The minimum absolute atomic E-state index is 0.813. The van der Waals surface area contributed by atoms with Crippen molar-refractivity contribution in [3.05, 3.63) is 36.3 Å². The van der Waals surface area contributed by atoms with E-state index >= 15 is 0 Å². The van der Waals surface area contributed by atoms with Gasteiger partial charge in [-0.15, -0.1) is 0 Å². The molecule has 0 spiro atoms. The van der Waals surface area contributed by atoms with Gasteiger partial charge in [-0.05, 0) is 25.5 Å². The summed E-state index contributed by atoms with van der Waals surface area (Å²) in [6.07, 6.45) is 2.93. The zero-order chi connectivity index (χ0) is 16.1. The first-order chi connectivity index (χ1) is 11.3. The third-order valence-corrected chi connectivity index (χ3v) is 3.96. The number of hydrogen-bond donors (Lipinski definition) is 1. The van der Waals surface area contributed by atoms with Gasteiger partial charge in [0.05, 0.1) is 0 Å². The van der Waals surface area contributed by atoms with Gasteiger partial charge >= 0.3 is 0 Å². The fourth-order valence-electron chi connectivity index (χ4n) is 2.76. The maximum absolute atomic E-state index is 4.60. The molecule has 3 heterocycles. The Bertz CT molecular complexity index is 622. The van der Waals surface area contributed by atoms with E-state index in [1.807, 2.05) is 25.3 Å². The SMILES string of the molecule is CCCNc1cc(N2CCN(c3ccccn3)CC2)nc(C)n1. The van der Waals surface area contributed by atoms with Crippen LogP contribution in [0.3, 0.4) is 0 Å². The van der Waals surface area contributed by atoms with Gasteiger partial charge in [0.15, 0.2) is 0 Å². The summed E-state index contributed by atoms with van der Waals surface area (Å²) in [4.78, 5) is 18.1. The van der Waals surface area contributed by atoms with E-state index in [4.69, 9.17) is 0 Å². The van der Waals surface area contributed by atoms with Gasteiger partial charge in [-0.3, -0.25) is 0 Å². The predicted octanol–water partition coefficient (Wildman–Crippen LogP) is 2.33. The molecule has 0 atom stereocenters. The van der Waals surface area contributed by atoms with Crippen LogP contribution in [0.4, 0.5) is 17.5 Å². The molecule has 1 aliphatic heterocycles. The van der Waals surface area contributed by atoms with Crippen molar-refractivity contribution in [3.8, 4) is 0 Å². The minimum atomic E-state index is 0.813. The smallest absolute Gasteiger partial charge is 0.134 e. The Morgan fingerprint density at radius 3 is 2.43 bits per heavy atom. The third-order valence-electron chi connectivity index (χ3n) is 3.96.